The third-order valence-electron chi connectivity index (χ3n) is 3.34. The molecule has 1 fully saturated rings. The van der Waals surface area contributed by atoms with E-state index in [0.29, 0.717) is 0 Å². The molecular weight excluding hydrogens is 214 g/mol. The molecule has 0 saturated heterocycles. The predicted octanol–water partition coefficient (Wildman–Crippen LogP) is 1.27. The van der Waals surface area contributed by atoms with Crippen LogP contribution in [0.15, 0.2) is 0 Å². The van der Waals surface area contributed by atoms with Crippen LogP contribution >= 0.6 is 12.4 Å². The van der Waals surface area contributed by atoms with E-state index in [1.54, 1.807) is 0 Å². The van der Waals surface area contributed by atoms with E-state index in [1.807, 2.05) is 21.0 Å². The summed E-state index contributed by atoms with van der Waals surface area (Å²) in [5, 5.41) is 19.7. The highest BCUT2D eigenvalue weighted by molar-refractivity contribution is 5.85. The smallest absolute Gasteiger partial charge is 0.0650 e. The molecule has 15 heavy (non-hydrogen) atoms. The van der Waals surface area contributed by atoms with Crippen LogP contribution in [0.25, 0.3) is 0 Å². The van der Waals surface area contributed by atoms with Gasteiger partial charge in [-0.1, -0.05) is 0 Å². The van der Waals surface area contributed by atoms with E-state index in [4.69, 9.17) is 0 Å². The van der Waals surface area contributed by atoms with E-state index in [9.17, 15) is 10.2 Å². The van der Waals surface area contributed by atoms with Gasteiger partial charge in [0.2, 0.25) is 0 Å². The Morgan fingerprint density at radius 2 is 2.00 bits per heavy atom. The molecule has 2 N–H and O–H groups in total. The minimum Gasteiger partial charge on any atom is -0.393 e. The molecule has 1 aliphatic rings. The molecule has 3 unspecified atom stereocenters. The van der Waals surface area contributed by atoms with E-state index in [2.05, 4.69) is 4.90 Å². The van der Waals surface area contributed by atoms with Gasteiger partial charge in [0.15, 0.2) is 0 Å². The van der Waals surface area contributed by atoms with Crippen LogP contribution in [0.2, 0.25) is 0 Å². The molecule has 0 aromatic rings. The van der Waals surface area contributed by atoms with Crippen LogP contribution < -0.4 is 0 Å². The SMILES string of the molecule is CN(C)CCC1CC(O)CCC1(C)O.Cl. The number of aliphatic hydroxyl groups excluding tert-OH is 1. The Balaban J connectivity index is 0.00000196. The van der Waals surface area contributed by atoms with Crippen molar-refractivity contribution in [2.75, 3.05) is 20.6 Å². The minimum atomic E-state index is -0.574. The lowest BCUT2D eigenvalue weighted by atomic mass is 9.74. The first-order chi connectivity index (χ1) is 6.42. The van der Waals surface area contributed by atoms with Gasteiger partial charge in [-0.05, 0) is 59.2 Å². The highest BCUT2D eigenvalue weighted by Crippen LogP contribution is 2.35. The molecule has 0 bridgehead atoms. The summed E-state index contributed by atoms with van der Waals surface area (Å²) in [6.07, 6.45) is 2.98. The van der Waals surface area contributed by atoms with Crippen LogP contribution in [0.3, 0.4) is 0 Å². The second-order valence-electron chi connectivity index (χ2n) is 5.07. The number of rotatable bonds is 3. The molecule has 3 atom stereocenters. The first-order valence-corrected chi connectivity index (χ1v) is 5.47. The third kappa shape index (κ3) is 4.68. The molecule has 0 aliphatic heterocycles. The van der Waals surface area contributed by atoms with Crippen molar-refractivity contribution in [1.29, 1.82) is 0 Å². The van der Waals surface area contributed by atoms with Gasteiger partial charge in [-0.2, -0.15) is 0 Å². The lowest BCUT2D eigenvalue weighted by Crippen LogP contribution is -2.43. The average molecular weight is 238 g/mol. The molecule has 3 nitrogen and oxygen atoms in total. The van der Waals surface area contributed by atoms with Crippen molar-refractivity contribution >= 4 is 12.4 Å². The van der Waals surface area contributed by atoms with Crippen LogP contribution in [-0.2, 0) is 0 Å². The normalized spacial score (nSPS) is 36.4. The van der Waals surface area contributed by atoms with Crippen LogP contribution in [0, 0.1) is 5.92 Å². The van der Waals surface area contributed by atoms with Crippen molar-refractivity contribution in [1.82, 2.24) is 4.90 Å². The van der Waals surface area contributed by atoms with Crippen molar-refractivity contribution in [3.05, 3.63) is 0 Å². The maximum Gasteiger partial charge on any atom is 0.0650 e. The zero-order chi connectivity index (χ0) is 10.8. The number of halogens is 1. The summed E-state index contributed by atoms with van der Waals surface area (Å²) in [6.45, 7) is 2.88. The molecule has 0 heterocycles. The number of aliphatic hydroxyl groups is 2. The molecule has 1 saturated carbocycles. The summed E-state index contributed by atoms with van der Waals surface area (Å²) < 4.78 is 0. The maximum absolute atomic E-state index is 10.1. The van der Waals surface area contributed by atoms with Gasteiger partial charge in [0.1, 0.15) is 0 Å². The molecule has 0 aromatic heterocycles. The topological polar surface area (TPSA) is 43.7 Å². The minimum absolute atomic E-state index is 0. The van der Waals surface area contributed by atoms with Crippen LogP contribution in [0.4, 0.5) is 0 Å². The van der Waals surface area contributed by atoms with Gasteiger partial charge < -0.3 is 15.1 Å². The van der Waals surface area contributed by atoms with Gasteiger partial charge >= 0.3 is 0 Å². The second kappa shape index (κ2) is 6.04. The van der Waals surface area contributed by atoms with Gasteiger partial charge in [0, 0.05) is 0 Å². The molecule has 0 aromatic carbocycles. The fourth-order valence-corrected chi connectivity index (χ4v) is 2.21. The lowest BCUT2D eigenvalue weighted by molar-refractivity contribution is -0.0711. The number of hydrogen-bond donors (Lipinski definition) is 2. The number of hydrogen-bond acceptors (Lipinski definition) is 3. The Labute approximate surface area is 98.9 Å². The molecule has 1 aliphatic carbocycles. The Hall–Kier alpha value is 0.170. The molecule has 1 rings (SSSR count). The van der Waals surface area contributed by atoms with Crippen LogP contribution in [0.5, 0.6) is 0 Å². The summed E-state index contributed by atoms with van der Waals surface area (Å²) in [4.78, 5) is 2.12. The zero-order valence-electron chi connectivity index (χ0n) is 9.94. The summed E-state index contributed by atoms with van der Waals surface area (Å²) in [6, 6.07) is 0. The van der Waals surface area contributed by atoms with E-state index in [0.717, 1.165) is 32.2 Å². The molecular formula is C11H24ClNO2. The van der Waals surface area contributed by atoms with Crippen LogP contribution in [0.1, 0.15) is 32.6 Å². The van der Waals surface area contributed by atoms with E-state index in [1.165, 1.54) is 0 Å². The Kier molecular flexibility index (Phi) is 6.11. The fraction of sp³-hybridized carbons (Fsp3) is 1.00. The molecule has 0 amide bonds. The molecule has 0 spiro atoms. The molecule has 0 radical (unpaired) electrons. The zero-order valence-corrected chi connectivity index (χ0v) is 10.8. The Morgan fingerprint density at radius 1 is 1.40 bits per heavy atom. The van der Waals surface area contributed by atoms with E-state index in [-0.39, 0.29) is 24.4 Å². The molecule has 4 heteroatoms. The largest absolute Gasteiger partial charge is 0.393 e. The first-order valence-electron chi connectivity index (χ1n) is 5.47. The average Bonchev–Trinajstić information content (AvgIpc) is 2.07. The summed E-state index contributed by atoms with van der Waals surface area (Å²) in [5.74, 6) is 0.244. The molecule has 92 valence electrons. The third-order valence-corrected chi connectivity index (χ3v) is 3.34. The van der Waals surface area contributed by atoms with Crippen LogP contribution in [-0.4, -0.2) is 47.5 Å². The summed E-state index contributed by atoms with van der Waals surface area (Å²) in [5.41, 5.74) is -0.574. The van der Waals surface area contributed by atoms with E-state index >= 15 is 0 Å². The highest BCUT2D eigenvalue weighted by Gasteiger charge is 2.37. The fourth-order valence-electron chi connectivity index (χ4n) is 2.21. The predicted molar refractivity (Wildman–Crippen MR) is 64.4 cm³/mol. The van der Waals surface area contributed by atoms with Crippen molar-refractivity contribution in [3.8, 4) is 0 Å². The summed E-state index contributed by atoms with van der Waals surface area (Å²) in [7, 11) is 4.07. The monoisotopic (exact) mass is 237 g/mol. The van der Waals surface area contributed by atoms with Gasteiger partial charge in [0.25, 0.3) is 0 Å². The van der Waals surface area contributed by atoms with Crippen molar-refractivity contribution in [3.63, 3.8) is 0 Å². The van der Waals surface area contributed by atoms with Gasteiger partial charge in [0.05, 0.1) is 11.7 Å². The van der Waals surface area contributed by atoms with Crippen molar-refractivity contribution < 1.29 is 10.2 Å². The standard InChI is InChI=1S/C11H23NO2.ClH/c1-11(14)6-4-10(13)8-9(11)5-7-12(2)3;/h9-10,13-14H,4-8H2,1-3H3;1H. The van der Waals surface area contributed by atoms with Gasteiger partial charge in [-0.15, -0.1) is 12.4 Å². The quantitative estimate of drug-likeness (QED) is 0.777. The van der Waals surface area contributed by atoms with E-state index < -0.39 is 5.60 Å². The summed E-state index contributed by atoms with van der Waals surface area (Å²) >= 11 is 0. The van der Waals surface area contributed by atoms with Gasteiger partial charge in [-0.25, -0.2) is 0 Å². The Bertz CT molecular complexity index is 185. The van der Waals surface area contributed by atoms with Crippen molar-refractivity contribution in [2.24, 2.45) is 5.92 Å². The first kappa shape index (κ1) is 15.2. The van der Waals surface area contributed by atoms with Crippen molar-refractivity contribution in [2.45, 2.75) is 44.3 Å². The Morgan fingerprint density at radius 3 is 2.53 bits per heavy atom. The number of nitrogens with zero attached hydrogens (tertiary/aromatic N) is 1. The van der Waals surface area contributed by atoms with Gasteiger partial charge in [-0.3, -0.25) is 0 Å². The lowest BCUT2D eigenvalue weighted by Gasteiger charge is -2.39. The maximum atomic E-state index is 10.1. The highest BCUT2D eigenvalue weighted by atomic mass is 35.5. The second-order valence-corrected chi connectivity index (χ2v) is 5.07.